The lowest BCUT2D eigenvalue weighted by molar-refractivity contribution is 0.277. The van der Waals surface area contributed by atoms with Gasteiger partial charge >= 0.3 is 0 Å². The maximum absolute atomic E-state index is 3.66. The normalized spacial score (nSPS) is 27.4. The maximum Gasteiger partial charge on any atom is 0.0381 e. The summed E-state index contributed by atoms with van der Waals surface area (Å²) in [6, 6.07) is 9.51. The van der Waals surface area contributed by atoms with Crippen LogP contribution in [-0.4, -0.2) is 6.04 Å². The Morgan fingerprint density at radius 2 is 1.87 bits per heavy atom. The minimum atomic E-state index is 0.453. The van der Waals surface area contributed by atoms with Gasteiger partial charge in [-0.1, -0.05) is 37.5 Å². The topological polar surface area (TPSA) is 12.0 Å². The van der Waals surface area contributed by atoms with Crippen LogP contribution >= 0.6 is 0 Å². The molecule has 0 radical (unpaired) electrons. The SMILES string of the molecule is CC1Nc2ccccc2C12CCCCC2. The van der Waals surface area contributed by atoms with E-state index in [4.69, 9.17) is 0 Å². The van der Waals surface area contributed by atoms with Crippen LogP contribution in [0.5, 0.6) is 0 Å². The molecule has 1 nitrogen and oxygen atoms in total. The average Bonchev–Trinajstić information content (AvgIpc) is 2.55. The Morgan fingerprint density at radius 1 is 1.13 bits per heavy atom. The zero-order valence-electron chi connectivity index (χ0n) is 9.42. The molecular formula is C14H19N. The van der Waals surface area contributed by atoms with Crippen molar-refractivity contribution in [2.24, 2.45) is 0 Å². The lowest BCUT2D eigenvalue weighted by Gasteiger charge is -2.37. The van der Waals surface area contributed by atoms with E-state index in [-0.39, 0.29) is 0 Å². The number of para-hydroxylation sites is 1. The molecule has 1 heterocycles. The van der Waals surface area contributed by atoms with Gasteiger partial charge in [0.05, 0.1) is 0 Å². The highest BCUT2D eigenvalue weighted by Gasteiger charge is 2.44. The third kappa shape index (κ3) is 1.22. The second kappa shape index (κ2) is 3.26. The second-order valence-electron chi connectivity index (χ2n) is 5.13. The van der Waals surface area contributed by atoms with Crippen LogP contribution in [0.1, 0.15) is 44.6 Å². The largest absolute Gasteiger partial charge is 0.381 e. The highest BCUT2D eigenvalue weighted by Crippen LogP contribution is 2.49. The minimum absolute atomic E-state index is 0.453. The molecule has 2 aliphatic rings. The summed E-state index contributed by atoms with van der Waals surface area (Å²) in [5.41, 5.74) is 3.42. The van der Waals surface area contributed by atoms with Crippen LogP contribution in [0.15, 0.2) is 24.3 Å². The Balaban J connectivity index is 2.07. The van der Waals surface area contributed by atoms with E-state index in [1.807, 2.05) is 0 Å². The Labute approximate surface area is 91.9 Å². The van der Waals surface area contributed by atoms with Gasteiger partial charge in [0.25, 0.3) is 0 Å². The van der Waals surface area contributed by atoms with Crippen LogP contribution < -0.4 is 5.32 Å². The van der Waals surface area contributed by atoms with Crippen molar-refractivity contribution in [3.05, 3.63) is 29.8 Å². The number of rotatable bonds is 0. The van der Waals surface area contributed by atoms with Crippen molar-refractivity contribution in [1.29, 1.82) is 0 Å². The summed E-state index contributed by atoms with van der Waals surface area (Å²) in [7, 11) is 0. The van der Waals surface area contributed by atoms with E-state index in [9.17, 15) is 0 Å². The molecule has 0 saturated heterocycles. The molecule has 1 aromatic rings. The van der Waals surface area contributed by atoms with Crippen molar-refractivity contribution in [3.63, 3.8) is 0 Å². The van der Waals surface area contributed by atoms with E-state index in [1.54, 1.807) is 5.56 Å². The lowest BCUT2D eigenvalue weighted by atomic mass is 9.67. The van der Waals surface area contributed by atoms with Gasteiger partial charge in [-0.2, -0.15) is 0 Å². The van der Waals surface area contributed by atoms with Gasteiger partial charge in [-0.15, -0.1) is 0 Å². The number of anilines is 1. The Kier molecular flexibility index (Phi) is 2.01. The molecule has 1 spiro atoms. The zero-order chi connectivity index (χ0) is 10.3. The van der Waals surface area contributed by atoms with Crippen LogP contribution in [-0.2, 0) is 5.41 Å². The predicted octanol–water partition coefficient (Wildman–Crippen LogP) is 3.70. The monoisotopic (exact) mass is 201 g/mol. The Bertz CT molecular complexity index is 363. The van der Waals surface area contributed by atoms with Gasteiger partial charge in [0.2, 0.25) is 0 Å². The molecule has 1 atom stereocenters. The fourth-order valence-electron chi connectivity index (χ4n) is 3.53. The molecule has 3 rings (SSSR count). The molecule has 1 heteroatoms. The van der Waals surface area contributed by atoms with Crippen molar-refractivity contribution in [2.75, 3.05) is 5.32 Å². The predicted molar refractivity (Wildman–Crippen MR) is 64.3 cm³/mol. The smallest absolute Gasteiger partial charge is 0.0381 e. The van der Waals surface area contributed by atoms with Gasteiger partial charge in [-0.3, -0.25) is 0 Å². The number of benzene rings is 1. The standard InChI is InChI=1S/C14H19N/c1-11-14(9-5-2-6-10-14)12-7-3-4-8-13(12)15-11/h3-4,7-8,11,15H,2,5-6,9-10H2,1H3. The van der Waals surface area contributed by atoms with E-state index in [1.165, 1.54) is 37.8 Å². The van der Waals surface area contributed by atoms with Crippen molar-refractivity contribution < 1.29 is 0 Å². The fraction of sp³-hybridized carbons (Fsp3) is 0.571. The number of hydrogen-bond donors (Lipinski definition) is 1. The summed E-state index contributed by atoms with van der Waals surface area (Å²) >= 11 is 0. The first-order valence-electron chi connectivity index (χ1n) is 6.19. The van der Waals surface area contributed by atoms with Crippen LogP contribution in [0.25, 0.3) is 0 Å². The molecule has 1 aliphatic carbocycles. The summed E-state index contributed by atoms with van der Waals surface area (Å²) in [6.45, 7) is 2.35. The third-order valence-electron chi connectivity index (χ3n) is 4.41. The first-order chi connectivity index (χ1) is 7.33. The van der Waals surface area contributed by atoms with Crippen LogP contribution in [0.3, 0.4) is 0 Å². The molecular weight excluding hydrogens is 182 g/mol. The van der Waals surface area contributed by atoms with Gasteiger partial charge in [-0.25, -0.2) is 0 Å². The van der Waals surface area contributed by atoms with Crippen LogP contribution in [0.4, 0.5) is 5.69 Å². The van der Waals surface area contributed by atoms with E-state index in [0.29, 0.717) is 11.5 Å². The number of nitrogens with one attached hydrogen (secondary N) is 1. The number of fused-ring (bicyclic) bond motifs is 2. The third-order valence-corrected chi connectivity index (χ3v) is 4.41. The first-order valence-corrected chi connectivity index (χ1v) is 6.19. The molecule has 1 aliphatic heterocycles. The van der Waals surface area contributed by atoms with E-state index < -0.39 is 0 Å². The Morgan fingerprint density at radius 3 is 2.67 bits per heavy atom. The van der Waals surface area contributed by atoms with Crippen LogP contribution in [0.2, 0.25) is 0 Å². The quantitative estimate of drug-likeness (QED) is 0.675. The molecule has 1 aromatic carbocycles. The minimum Gasteiger partial charge on any atom is -0.381 e. The first kappa shape index (κ1) is 9.26. The highest BCUT2D eigenvalue weighted by atomic mass is 15.0. The molecule has 1 unspecified atom stereocenters. The number of hydrogen-bond acceptors (Lipinski definition) is 1. The van der Waals surface area contributed by atoms with Crippen molar-refractivity contribution in [1.82, 2.24) is 0 Å². The summed E-state index contributed by atoms with van der Waals surface area (Å²) in [6.07, 6.45) is 6.98. The highest BCUT2D eigenvalue weighted by molar-refractivity contribution is 5.62. The molecule has 1 saturated carbocycles. The summed E-state index contributed by atoms with van der Waals surface area (Å²) in [5, 5.41) is 3.66. The average molecular weight is 201 g/mol. The molecule has 15 heavy (non-hydrogen) atoms. The van der Waals surface area contributed by atoms with Gasteiger partial charge in [0.1, 0.15) is 0 Å². The molecule has 80 valence electrons. The molecule has 1 fully saturated rings. The van der Waals surface area contributed by atoms with Gasteiger partial charge in [0.15, 0.2) is 0 Å². The van der Waals surface area contributed by atoms with Gasteiger partial charge < -0.3 is 5.32 Å². The van der Waals surface area contributed by atoms with Gasteiger partial charge in [-0.05, 0) is 31.4 Å². The summed E-state index contributed by atoms with van der Waals surface area (Å²) < 4.78 is 0. The lowest BCUT2D eigenvalue weighted by Crippen LogP contribution is -2.38. The zero-order valence-corrected chi connectivity index (χ0v) is 9.42. The summed E-state index contributed by atoms with van der Waals surface area (Å²) in [4.78, 5) is 0. The van der Waals surface area contributed by atoms with E-state index in [0.717, 1.165) is 0 Å². The van der Waals surface area contributed by atoms with Crippen molar-refractivity contribution in [2.45, 2.75) is 50.5 Å². The van der Waals surface area contributed by atoms with Crippen molar-refractivity contribution in [3.8, 4) is 0 Å². The van der Waals surface area contributed by atoms with Crippen molar-refractivity contribution >= 4 is 5.69 Å². The van der Waals surface area contributed by atoms with Gasteiger partial charge in [0, 0.05) is 17.1 Å². The van der Waals surface area contributed by atoms with Crippen LogP contribution in [0, 0.1) is 0 Å². The summed E-state index contributed by atoms with van der Waals surface area (Å²) in [5.74, 6) is 0. The molecule has 0 aromatic heterocycles. The van der Waals surface area contributed by atoms with E-state index in [2.05, 4.69) is 36.5 Å². The maximum atomic E-state index is 3.66. The molecule has 0 bridgehead atoms. The molecule has 1 N–H and O–H groups in total. The Hall–Kier alpha value is -0.980. The van der Waals surface area contributed by atoms with E-state index >= 15 is 0 Å². The second-order valence-corrected chi connectivity index (χ2v) is 5.13. The molecule has 0 amide bonds. The fourth-order valence-corrected chi connectivity index (χ4v) is 3.53.